The van der Waals surface area contributed by atoms with Gasteiger partial charge in [0.05, 0.1) is 6.26 Å². The van der Waals surface area contributed by atoms with Crippen LogP contribution in [0, 0.1) is 0 Å². The molecule has 0 aliphatic rings. The van der Waals surface area contributed by atoms with Crippen LogP contribution in [0.4, 0.5) is 11.4 Å². The van der Waals surface area contributed by atoms with Crippen LogP contribution in [0.3, 0.4) is 0 Å². The van der Waals surface area contributed by atoms with Crippen molar-refractivity contribution in [1.29, 1.82) is 0 Å². The molecular formula is C12H21N3O2S. The number of nitrogens with one attached hydrogen (secondary N) is 2. The fourth-order valence-electron chi connectivity index (χ4n) is 1.55. The summed E-state index contributed by atoms with van der Waals surface area (Å²) < 4.78 is 24.5. The van der Waals surface area contributed by atoms with Gasteiger partial charge in [0, 0.05) is 17.9 Å². The van der Waals surface area contributed by atoms with Crippen molar-refractivity contribution in [1.82, 2.24) is 0 Å². The molecule has 18 heavy (non-hydrogen) atoms. The smallest absolute Gasteiger partial charge is 0.229 e. The molecule has 0 aliphatic carbocycles. The van der Waals surface area contributed by atoms with E-state index in [1.54, 1.807) is 12.1 Å². The first-order chi connectivity index (χ1) is 8.51. The normalized spacial score (nSPS) is 11.2. The summed E-state index contributed by atoms with van der Waals surface area (Å²) in [5.41, 5.74) is 6.98. The minimum absolute atomic E-state index is 0.575. The van der Waals surface area contributed by atoms with Crippen LogP contribution in [-0.2, 0) is 10.0 Å². The molecule has 0 unspecified atom stereocenters. The lowest BCUT2D eigenvalue weighted by molar-refractivity contribution is 0.607. The van der Waals surface area contributed by atoms with E-state index in [-0.39, 0.29) is 0 Å². The third kappa shape index (κ3) is 6.46. The Bertz CT molecular complexity index is 443. The number of unbranched alkanes of at least 4 members (excludes halogenated alkanes) is 2. The molecule has 0 atom stereocenters. The molecule has 0 aliphatic heterocycles. The predicted molar refractivity (Wildman–Crippen MR) is 76.3 cm³/mol. The van der Waals surface area contributed by atoms with Gasteiger partial charge in [-0.1, -0.05) is 6.42 Å². The van der Waals surface area contributed by atoms with Gasteiger partial charge in [-0.15, -0.1) is 0 Å². The second-order valence-electron chi connectivity index (χ2n) is 4.23. The molecule has 0 fully saturated rings. The maximum Gasteiger partial charge on any atom is 0.229 e. The van der Waals surface area contributed by atoms with E-state index in [1.165, 1.54) is 0 Å². The number of anilines is 2. The molecule has 1 aromatic rings. The van der Waals surface area contributed by atoms with Crippen molar-refractivity contribution >= 4 is 21.4 Å². The lowest BCUT2D eigenvalue weighted by Gasteiger charge is -2.08. The highest BCUT2D eigenvalue weighted by Gasteiger charge is 2.01. The molecule has 0 bridgehead atoms. The predicted octanol–water partition coefficient (Wildman–Crippen LogP) is 1.60. The molecule has 0 saturated heterocycles. The van der Waals surface area contributed by atoms with E-state index in [0.717, 1.165) is 44.3 Å². The molecule has 5 nitrogen and oxygen atoms in total. The fourth-order valence-corrected chi connectivity index (χ4v) is 2.11. The average molecular weight is 271 g/mol. The van der Waals surface area contributed by atoms with E-state index in [1.807, 2.05) is 12.1 Å². The minimum atomic E-state index is -3.20. The van der Waals surface area contributed by atoms with Crippen LogP contribution in [-0.4, -0.2) is 27.8 Å². The highest BCUT2D eigenvalue weighted by atomic mass is 32.2. The van der Waals surface area contributed by atoms with Gasteiger partial charge in [0.25, 0.3) is 0 Å². The standard InChI is InChI=1S/C12H21N3O2S/c1-18(16,17)15-12-7-5-11(6-8-12)14-10-4-2-3-9-13/h5-8,14-15H,2-4,9-10,13H2,1H3. The Morgan fingerprint density at radius 3 is 2.22 bits per heavy atom. The monoisotopic (exact) mass is 271 g/mol. The molecule has 6 heteroatoms. The number of hydrogen-bond acceptors (Lipinski definition) is 4. The summed E-state index contributed by atoms with van der Waals surface area (Å²) in [6.45, 7) is 1.64. The third-order valence-corrected chi connectivity index (χ3v) is 3.00. The molecule has 0 amide bonds. The van der Waals surface area contributed by atoms with Crippen molar-refractivity contribution < 1.29 is 8.42 Å². The number of nitrogens with two attached hydrogens (primary N) is 1. The summed E-state index contributed by atoms with van der Waals surface area (Å²) in [7, 11) is -3.20. The average Bonchev–Trinajstić information content (AvgIpc) is 2.29. The summed E-state index contributed by atoms with van der Waals surface area (Å²) in [4.78, 5) is 0. The Kier molecular flexibility index (Phi) is 5.94. The van der Waals surface area contributed by atoms with Crippen LogP contribution < -0.4 is 15.8 Å². The van der Waals surface area contributed by atoms with Gasteiger partial charge in [0.1, 0.15) is 0 Å². The van der Waals surface area contributed by atoms with Gasteiger partial charge in [-0.25, -0.2) is 8.42 Å². The second kappa shape index (κ2) is 7.23. The van der Waals surface area contributed by atoms with E-state index in [0.29, 0.717) is 5.69 Å². The number of rotatable bonds is 8. The van der Waals surface area contributed by atoms with Gasteiger partial charge >= 0.3 is 0 Å². The Labute approximate surface area is 109 Å². The molecule has 0 saturated carbocycles. The summed E-state index contributed by atoms with van der Waals surface area (Å²) in [5.74, 6) is 0. The Morgan fingerprint density at radius 1 is 1.06 bits per heavy atom. The van der Waals surface area contributed by atoms with Gasteiger partial charge in [0.15, 0.2) is 0 Å². The first kappa shape index (κ1) is 14.8. The van der Waals surface area contributed by atoms with Crippen molar-refractivity contribution in [2.75, 3.05) is 29.4 Å². The number of sulfonamides is 1. The molecule has 0 aromatic heterocycles. The van der Waals surface area contributed by atoms with E-state index < -0.39 is 10.0 Å². The van der Waals surface area contributed by atoms with Crippen LogP contribution in [0.2, 0.25) is 0 Å². The topological polar surface area (TPSA) is 84.2 Å². The summed E-state index contributed by atoms with van der Waals surface area (Å²) >= 11 is 0. The zero-order valence-corrected chi connectivity index (χ0v) is 11.5. The van der Waals surface area contributed by atoms with Crippen molar-refractivity contribution in [3.8, 4) is 0 Å². The van der Waals surface area contributed by atoms with E-state index in [9.17, 15) is 8.42 Å². The van der Waals surface area contributed by atoms with Crippen LogP contribution in [0.1, 0.15) is 19.3 Å². The van der Waals surface area contributed by atoms with Crippen LogP contribution >= 0.6 is 0 Å². The lowest BCUT2D eigenvalue weighted by atomic mass is 10.2. The van der Waals surface area contributed by atoms with Crippen molar-refractivity contribution in [3.05, 3.63) is 24.3 Å². The van der Waals surface area contributed by atoms with Crippen LogP contribution in [0.25, 0.3) is 0 Å². The Morgan fingerprint density at radius 2 is 1.67 bits per heavy atom. The molecule has 0 spiro atoms. The first-order valence-corrected chi connectivity index (χ1v) is 7.92. The highest BCUT2D eigenvalue weighted by Crippen LogP contribution is 2.14. The molecule has 4 N–H and O–H groups in total. The van der Waals surface area contributed by atoms with Gasteiger partial charge in [-0.05, 0) is 43.7 Å². The zero-order chi connectivity index (χ0) is 13.4. The summed E-state index contributed by atoms with van der Waals surface area (Å²) in [6.07, 6.45) is 4.40. The molecular weight excluding hydrogens is 250 g/mol. The largest absolute Gasteiger partial charge is 0.385 e. The van der Waals surface area contributed by atoms with Gasteiger partial charge < -0.3 is 11.1 Å². The highest BCUT2D eigenvalue weighted by molar-refractivity contribution is 7.92. The molecule has 0 heterocycles. The van der Waals surface area contributed by atoms with Gasteiger partial charge in [0.2, 0.25) is 10.0 Å². The molecule has 1 aromatic carbocycles. The quantitative estimate of drug-likeness (QED) is 0.627. The fraction of sp³-hybridized carbons (Fsp3) is 0.500. The first-order valence-electron chi connectivity index (χ1n) is 6.03. The van der Waals surface area contributed by atoms with Gasteiger partial charge in [-0.2, -0.15) is 0 Å². The van der Waals surface area contributed by atoms with Crippen LogP contribution in [0.5, 0.6) is 0 Å². The van der Waals surface area contributed by atoms with Crippen molar-refractivity contribution in [2.24, 2.45) is 5.73 Å². The maximum absolute atomic E-state index is 11.0. The SMILES string of the molecule is CS(=O)(=O)Nc1ccc(NCCCCCN)cc1. The number of benzene rings is 1. The van der Waals surface area contributed by atoms with Crippen molar-refractivity contribution in [2.45, 2.75) is 19.3 Å². The summed E-state index contributed by atoms with van der Waals surface area (Å²) in [6, 6.07) is 7.19. The third-order valence-electron chi connectivity index (χ3n) is 2.40. The zero-order valence-electron chi connectivity index (χ0n) is 10.6. The molecule has 0 radical (unpaired) electrons. The lowest BCUT2D eigenvalue weighted by Crippen LogP contribution is -2.09. The molecule has 102 valence electrons. The maximum atomic E-state index is 11.0. The Hall–Kier alpha value is -1.27. The summed E-state index contributed by atoms with van der Waals surface area (Å²) in [5, 5.41) is 3.28. The second-order valence-corrected chi connectivity index (χ2v) is 5.98. The van der Waals surface area contributed by atoms with Crippen LogP contribution in [0.15, 0.2) is 24.3 Å². The minimum Gasteiger partial charge on any atom is -0.385 e. The van der Waals surface area contributed by atoms with E-state index >= 15 is 0 Å². The molecule has 1 rings (SSSR count). The van der Waals surface area contributed by atoms with Gasteiger partial charge in [-0.3, -0.25) is 4.72 Å². The van der Waals surface area contributed by atoms with E-state index in [2.05, 4.69) is 10.0 Å². The van der Waals surface area contributed by atoms with Crippen molar-refractivity contribution in [3.63, 3.8) is 0 Å². The van der Waals surface area contributed by atoms with E-state index in [4.69, 9.17) is 5.73 Å². The Balaban J connectivity index is 2.36. The number of hydrogen-bond donors (Lipinski definition) is 3.